The van der Waals surface area contributed by atoms with Gasteiger partial charge in [0.1, 0.15) is 0 Å². The van der Waals surface area contributed by atoms with Crippen LogP contribution in [0.4, 0.5) is 0 Å². The van der Waals surface area contributed by atoms with E-state index in [-0.39, 0.29) is 0 Å². The molecule has 0 amide bonds. The summed E-state index contributed by atoms with van der Waals surface area (Å²) < 4.78 is 0. The van der Waals surface area contributed by atoms with Crippen LogP contribution in [-0.2, 0) is 0 Å². The monoisotopic (exact) mass is 182 g/mol. The van der Waals surface area contributed by atoms with Crippen LogP contribution < -0.4 is 10.6 Å². The number of hydrogen-bond donors (Lipinski definition) is 2. The van der Waals surface area contributed by atoms with Crippen LogP contribution in [-0.4, -0.2) is 12.1 Å². The molecule has 0 saturated carbocycles. The first-order chi connectivity index (χ1) is 6.09. The Morgan fingerprint density at radius 3 is 2.77 bits per heavy atom. The highest BCUT2D eigenvalue weighted by molar-refractivity contribution is 5.04. The van der Waals surface area contributed by atoms with Crippen molar-refractivity contribution in [3.63, 3.8) is 0 Å². The normalized spacial score (nSPS) is 27.9. The molecule has 0 radical (unpaired) electrons. The molecular weight excluding hydrogens is 160 g/mol. The van der Waals surface area contributed by atoms with E-state index in [1.807, 2.05) is 0 Å². The molecule has 0 fully saturated rings. The van der Waals surface area contributed by atoms with Crippen LogP contribution in [0.15, 0.2) is 11.9 Å². The molecule has 0 bridgehead atoms. The first-order valence-corrected chi connectivity index (χ1v) is 5.29. The first kappa shape index (κ1) is 10.4. The van der Waals surface area contributed by atoms with Crippen LogP contribution in [0.2, 0.25) is 0 Å². The van der Waals surface area contributed by atoms with Gasteiger partial charge in [0.15, 0.2) is 0 Å². The molecule has 0 aromatic rings. The highest BCUT2D eigenvalue weighted by Crippen LogP contribution is 2.13. The Morgan fingerprint density at radius 2 is 2.15 bits per heavy atom. The van der Waals surface area contributed by atoms with Gasteiger partial charge < -0.3 is 10.6 Å². The van der Waals surface area contributed by atoms with Crippen molar-refractivity contribution in [3.8, 4) is 0 Å². The van der Waals surface area contributed by atoms with Gasteiger partial charge in [-0.15, -0.1) is 0 Å². The van der Waals surface area contributed by atoms with E-state index in [0.29, 0.717) is 12.1 Å². The van der Waals surface area contributed by atoms with Crippen LogP contribution in [0.3, 0.4) is 0 Å². The Balaban J connectivity index is 2.36. The van der Waals surface area contributed by atoms with Crippen molar-refractivity contribution in [2.75, 3.05) is 0 Å². The van der Waals surface area contributed by atoms with Gasteiger partial charge in [-0.05, 0) is 32.6 Å². The van der Waals surface area contributed by atoms with E-state index in [1.165, 1.54) is 18.5 Å². The van der Waals surface area contributed by atoms with Crippen molar-refractivity contribution in [1.82, 2.24) is 10.6 Å². The highest BCUT2D eigenvalue weighted by atomic mass is 15.1. The molecule has 2 N–H and O–H groups in total. The molecule has 1 rings (SSSR count). The highest BCUT2D eigenvalue weighted by Gasteiger charge is 2.19. The minimum absolute atomic E-state index is 0.558. The lowest BCUT2D eigenvalue weighted by Gasteiger charge is -2.31. The van der Waals surface area contributed by atoms with Crippen molar-refractivity contribution < 1.29 is 0 Å². The molecule has 2 atom stereocenters. The van der Waals surface area contributed by atoms with Crippen LogP contribution in [0.25, 0.3) is 0 Å². The Morgan fingerprint density at radius 1 is 1.46 bits per heavy atom. The van der Waals surface area contributed by atoms with Crippen molar-refractivity contribution >= 4 is 0 Å². The van der Waals surface area contributed by atoms with Gasteiger partial charge in [0.25, 0.3) is 0 Å². The number of rotatable bonds is 3. The lowest BCUT2D eigenvalue weighted by atomic mass is 9.97. The zero-order valence-electron chi connectivity index (χ0n) is 9.22. The predicted molar refractivity (Wildman–Crippen MR) is 57.4 cm³/mol. The standard InChI is InChI=1S/C11H22N2/c1-8(2)5-6-11-10(4)12-7-9(3)13-11/h7-8,10-13H,5-6H2,1-4H3/t10-,11+/m1/s1. The zero-order valence-corrected chi connectivity index (χ0v) is 9.22. The van der Waals surface area contributed by atoms with Crippen LogP contribution in [0.1, 0.15) is 40.5 Å². The summed E-state index contributed by atoms with van der Waals surface area (Å²) in [7, 11) is 0. The maximum absolute atomic E-state index is 3.52. The summed E-state index contributed by atoms with van der Waals surface area (Å²) in [4.78, 5) is 0. The van der Waals surface area contributed by atoms with Gasteiger partial charge >= 0.3 is 0 Å². The van der Waals surface area contributed by atoms with Gasteiger partial charge in [0.2, 0.25) is 0 Å². The number of allylic oxidation sites excluding steroid dienone is 1. The Hall–Kier alpha value is -0.660. The summed E-state index contributed by atoms with van der Waals surface area (Å²) in [6.07, 6.45) is 4.63. The smallest absolute Gasteiger partial charge is 0.0457 e. The second-order valence-electron chi connectivity index (χ2n) is 4.50. The maximum Gasteiger partial charge on any atom is 0.0457 e. The summed E-state index contributed by atoms with van der Waals surface area (Å²) in [5.41, 5.74) is 1.26. The van der Waals surface area contributed by atoms with Gasteiger partial charge in [-0.3, -0.25) is 0 Å². The average Bonchev–Trinajstić information content (AvgIpc) is 2.06. The SMILES string of the molecule is CC1=CN[C@H](C)[C@H](CCC(C)C)N1. The fourth-order valence-electron chi connectivity index (χ4n) is 1.67. The van der Waals surface area contributed by atoms with E-state index in [1.54, 1.807) is 0 Å². The molecule has 1 aliphatic rings. The first-order valence-electron chi connectivity index (χ1n) is 5.29. The molecule has 0 saturated heterocycles. The topological polar surface area (TPSA) is 24.1 Å². The molecule has 1 aliphatic heterocycles. The van der Waals surface area contributed by atoms with Gasteiger partial charge in [0.05, 0.1) is 0 Å². The lowest BCUT2D eigenvalue weighted by molar-refractivity contribution is 0.369. The molecule has 1 heterocycles. The third-order valence-corrected chi connectivity index (χ3v) is 2.63. The lowest BCUT2D eigenvalue weighted by Crippen LogP contribution is -2.48. The van der Waals surface area contributed by atoms with Crippen LogP contribution in [0.5, 0.6) is 0 Å². The molecule has 2 heteroatoms. The summed E-state index contributed by atoms with van der Waals surface area (Å²) >= 11 is 0. The predicted octanol–water partition coefficient (Wildman–Crippen LogP) is 2.23. The molecule has 0 spiro atoms. The largest absolute Gasteiger partial charge is 0.385 e. The fourth-order valence-corrected chi connectivity index (χ4v) is 1.67. The Labute approximate surface area is 81.8 Å². The summed E-state index contributed by atoms with van der Waals surface area (Å²) in [5.74, 6) is 0.806. The van der Waals surface area contributed by atoms with Crippen molar-refractivity contribution in [3.05, 3.63) is 11.9 Å². The van der Waals surface area contributed by atoms with Crippen molar-refractivity contribution in [2.24, 2.45) is 5.92 Å². The van der Waals surface area contributed by atoms with E-state index in [9.17, 15) is 0 Å². The Kier molecular flexibility index (Phi) is 3.64. The molecule has 13 heavy (non-hydrogen) atoms. The minimum atomic E-state index is 0.558. The maximum atomic E-state index is 3.52. The Bertz CT molecular complexity index is 185. The number of hydrogen-bond acceptors (Lipinski definition) is 2. The van der Waals surface area contributed by atoms with Crippen molar-refractivity contribution in [2.45, 2.75) is 52.6 Å². The van der Waals surface area contributed by atoms with Gasteiger partial charge in [0, 0.05) is 24.0 Å². The van der Waals surface area contributed by atoms with Crippen LogP contribution in [0, 0.1) is 5.92 Å². The molecule has 2 nitrogen and oxygen atoms in total. The minimum Gasteiger partial charge on any atom is -0.385 e. The van der Waals surface area contributed by atoms with Crippen LogP contribution >= 0.6 is 0 Å². The molecule has 0 aliphatic carbocycles. The molecule has 0 unspecified atom stereocenters. The fraction of sp³-hybridized carbons (Fsp3) is 0.818. The molecule has 0 aromatic heterocycles. The quantitative estimate of drug-likeness (QED) is 0.699. The third-order valence-electron chi connectivity index (χ3n) is 2.63. The van der Waals surface area contributed by atoms with E-state index < -0.39 is 0 Å². The van der Waals surface area contributed by atoms with Gasteiger partial charge in [-0.2, -0.15) is 0 Å². The second kappa shape index (κ2) is 4.54. The van der Waals surface area contributed by atoms with Gasteiger partial charge in [-0.1, -0.05) is 13.8 Å². The van der Waals surface area contributed by atoms with Gasteiger partial charge in [-0.25, -0.2) is 0 Å². The van der Waals surface area contributed by atoms with Crippen molar-refractivity contribution in [1.29, 1.82) is 0 Å². The molecule has 0 aromatic carbocycles. The number of nitrogens with one attached hydrogen (secondary N) is 2. The summed E-state index contributed by atoms with van der Waals surface area (Å²) in [6, 6.07) is 1.16. The summed E-state index contributed by atoms with van der Waals surface area (Å²) in [5, 5.41) is 6.90. The second-order valence-corrected chi connectivity index (χ2v) is 4.50. The van der Waals surface area contributed by atoms with E-state index >= 15 is 0 Å². The summed E-state index contributed by atoms with van der Waals surface area (Å²) in [6.45, 7) is 8.91. The third kappa shape index (κ3) is 3.29. The average molecular weight is 182 g/mol. The van der Waals surface area contributed by atoms with E-state index in [4.69, 9.17) is 0 Å². The van der Waals surface area contributed by atoms with E-state index in [0.717, 1.165) is 5.92 Å². The zero-order chi connectivity index (χ0) is 9.84. The molecule has 76 valence electrons. The molecular formula is C11H22N2. The van der Waals surface area contributed by atoms with E-state index in [2.05, 4.69) is 44.5 Å².